The molecule has 6 heteroatoms. The van der Waals surface area contributed by atoms with Crippen LogP contribution in [0, 0.1) is 0 Å². The fourth-order valence-corrected chi connectivity index (χ4v) is 4.98. The fraction of sp³-hybridized carbons (Fsp3) is 0.148. The Balaban J connectivity index is 1.39. The van der Waals surface area contributed by atoms with Crippen molar-refractivity contribution >= 4 is 11.9 Å². The summed E-state index contributed by atoms with van der Waals surface area (Å²) in [4.78, 5) is 28.0. The highest BCUT2D eigenvalue weighted by molar-refractivity contribution is 6.08. The molecule has 2 heterocycles. The normalized spacial score (nSPS) is 19.2. The standard InChI is InChI=1S/C27H22N4O2/c32-25-27(16-15-19-9-7-8-14-23(19)27)28-26(33)30(25)17-21-18-31(22-12-5-2-6-13-22)29-24(21)20-10-3-1-4-11-20/h1-14,18H,15-17H2,(H,28,33)/t27-/m0/s1. The van der Waals surface area contributed by atoms with Crippen LogP contribution in [0.1, 0.15) is 23.1 Å². The Morgan fingerprint density at radius 2 is 1.58 bits per heavy atom. The van der Waals surface area contributed by atoms with Crippen LogP contribution < -0.4 is 5.32 Å². The largest absolute Gasteiger partial charge is 0.325 e. The molecule has 3 aromatic carbocycles. The molecule has 1 spiro atoms. The molecule has 1 aliphatic carbocycles. The number of carbonyl (C=O) groups is 2. The lowest BCUT2D eigenvalue weighted by molar-refractivity contribution is -0.132. The van der Waals surface area contributed by atoms with Crippen molar-refractivity contribution < 1.29 is 9.59 Å². The number of urea groups is 1. The molecule has 0 unspecified atom stereocenters. The maximum atomic E-state index is 13.6. The summed E-state index contributed by atoms with van der Waals surface area (Å²) < 4.78 is 1.80. The van der Waals surface area contributed by atoms with Crippen LogP contribution in [-0.4, -0.2) is 26.6 Å². The van der Waals surface area contributed by atoms with Crippen LogP contribution in [0.15, 0.2) is 91.1 Å². The Labute approximate surface area is 191 Å². The lowest BCUT2D eigenvalue weighted by atomic mass is 9.92. The van der Waals surface area contributed by atoms with Gasteiger partial charge in [0.25, 0.3) is 5.91 Å². The minimum Gasteiger partial charge on any atom is -0.319 e. The number of aryl methyl sites for hydroxylation is 1. The molecule has 1 aliphatic heterocycles. The number of fused-ring (bicyclic) bond motifs is 2. The molecule has 0 radical (unpaired) electrons. The molecular weight excluding hydrogens is 412 g/mol. The predicted molar refractivity (Wildman–Crippen MR) is 125 cm³/mol. The minimum atomic E-state index is -0.962. The summed E-state index contributed by atoms with van der Waals surface area (Å²) in [7, 11) is 0. The number of hydrogen-bond donors (Lipinski definition) is 1. The van der Waals surface area contributed by atoms with E-state index >= 15 is 0 Å². The second-order valence-electron chi connectivity index (χ2n) is 8.53. The summed E-state index contributed by atoms with van der Waals surface area (Å²) in [5.41, 5.74) is 4.50. The Morgan fingerprint density at radius 3 is 2.36 bits per heavy atom. The van der Waals surface area contributed by atoms with Gasteiger partial charge in [0.1, 0.15) is 5.54 Å². The summed E-state index contributed by atoms with van der Waals surface area (Å²) in [5, 5.41) is 7.83. The first kappa shape index (κ1) is 19.5. The van der Waals surface area contributed by atoms with Gasteiger partial charge < -0.3 is 5.32 Å². The highest BCUT2D eigenvalue weighted by Gasteiger charge is 2.55. The van der Waals surface area contributed by atoms with Crippen LogP contribution in [0.2, 0.25) is 0 Å². The Bertz CT molecular complexity index is 1360. The summed E-state index contributed by atoms with van der Waals surface area (Å²) in [6.45, 7) is 0.158. The zero-order valence-corrected chi connectivity index (χ0v) is 17.9. The minimum absolute atomic E-state index is 0.158. The molecule has 6 nitrogen and oxygen atoms in total. The molecule has 1 aromatic heterocycles. The summed E-state index contributed by atoms with van der Waals surface area (Å²) in [5.74, 6) is -0.191. The van der Waals surface area contributed by atoms with Crippen LogP contribution in [0.4, 0.5) is 4.79 Å². The van der Waals surface area contributed by atoms with Gasteiger partial charge in [-0.1, -0.05) is 72.8 Å². The van der Waals surface area contributed by atoms with E-state index in [0.717, 1.165) is 40.1 Å². The lowest BCUT2D eigenvalue weighted by Crippen LogP contribution is -2.41. The first-order valence-corrected chi connectivity index (χ1v) is 11.1. The van der Waals surface area contributed by atoms with Crippen LogP contribution in [-0.2, 0) is 23.3 Å². The van der Waals surface area contributed by atoms with E-state index in [1.54, 1.807) is 4.68 Å². The third-order valence-electron chi connectivity index (χ3n) is 6.61. The summed E-state index contributed by atoms with van der Waals surface area (Å²) in [6.07, 6.45) is 3.27. The van der Waals surface area contributed by atoms with Gasteiger partial charge in [-0.25, -0.2) is 9.48 Å². The third-order valence-corrected chi connectivity index (χ3v) is 6.61. The average Bonchev–Trinajstić information content (AvgIpc) is 3.52. The topological polar surface area (TPSA) is 67.2 Å². The number of amides is 3. The van der Waals surface area contributed by atoms with E-state index in [1.165, 1.54) is 4.90 Å². The third kappa shape index (κ3) is 3.06. The molecule has 1 N–H and O–H groups in total. The van der Waals surface area contributed by atoms with E-state index < -0.39 is 5.54 Å². The SMILES string of the molecule is O=C1N[C@]2(CCc3ccccc32)C(=O)N1Cc1cn(-c2ccccc2)nc1-c1ccccc1. The van der Waals surface area contributed by atoms with E-state index in [2.05, 4.69) is 5.32 Å². The monoisotopic (exact) mass is 434 g/mol. The Kier molecular flexibility index (Phi) is 4.40. The van der Waals surface area contributed by atoms with Crippen LogP contribution in [0.3, 0.4) is 0 Å². The maximum Gasteiger partial charge on any atom is 0.325 e. The number of nitrogens with one attached hydrogen (secondary N) is 1. The zero-order valence-electron chi connectivity index (χ0n) is 17.9. The van der Waals surface area contributed by atoms with Gasteiger partial charge in [0.2, 0.25) is 0 Å². The molecule has 0 bridgehead atoms. The van der Waals surface area contributed by atoms with Crippen molar-refractivity contribution in [2.45, 2.75) is 24.9 Å². The van der Waals surface area contributed by atoms with Crippen molar-refractivity contribution in [2.75, 3.05) is 0 Å². The molecule has 4 aromatic rings. The molecule has 3 amide bonds. The summed E-state index contributed by atoms with van der Waals surface area (Å²) >= 11 is 0. The average molecular weight is 434 g/mol. The Hall–Kier alpha value is -4.19. The second kappa shape index (κ2) is 7.45. The van der Waals surface area contributed by atoms with E-state index in [9.17, 15) is 9.59 Å². The van der Waals surface area contributed by atoms with Gasteiger partial charge in [0.15, 0.2) is 0 Å². The van der Waals surface area contributed by atoms with Crippen LogP contribution in [0.5, 0.6) is 0 Å². The highest BCUT2D eigenvalue weighted by atomic mass is 16.2. The van der Waals surface area contributed by atoms with E-state index in [-0.39, 0.29) is 18.5 Å². The first-order valence-electron chi connectivity index (χ1n) is 11.1. The van der Waals surface area contributed by atoms with Crippen molar-refractivity contribution in [3.63, 3.8) is 0 Å². The van der Waals surface area contributed by atoms with E-state index in [1.807, 2.05) is 91.1 Å². The van der Waals surface area contributed by atoms with Crippen molar-refractivity contribution in [3.8, 4) is 16.9 Å². The number of carbonyl (C=O) groups excluding carboxylic acids is 2. The summed E-state index contributed by atoms with van der Waals surface area (Å²) in [6, 6.07) is 27.2. The number of hydrogen-bond acceptors (Lipinski definition) is 3. The van der Waals surface area contributed by atoms with Crippen molar-refractivity contribution in [1.82, 2.24) is 20.0 Å². The van der Waals surface area contributed by atoms with Gasteiger partial charge in [-0.3, -0.25) is 9.69 Å². The maximum absolute atomic E-state index is 13.6. The molecule has 1 saturated heterocycles. The smallest absolute Gasteiger partial charge is 0.319 e. The van der Waals surface area contributed by atoms with Crippen molar-refractivity contribution in [3.05, 3.63) is 108 Å². The van der Waals surface area contributed by atoms with Gasteiger partial charge in [-0.15, -0.1) is 0 Å². The fourth-order valence-electron chi connectivity index (χ4n) is 4.98. The number of benzene rings is 3. The molecule has 162 valence electrons. The predicted octanol–water partition coefficient (Wildman–Crippen LogP) is 4.43. The second-order valence-corrected chi connectivity index (χ2v) is 8.53. The number of rotatable bonds is 4. The van der Waals surface area contributed by atoms with Gasteiger partial charge in [-0.2, -0.15) is 5.10 Å². The van der Waals surface area contributed by atoms with E-state index in [0.29, 0.717) is 6.42 Å². The van der Waals surface area contributed by atoms with Crippen molar-refractivity contribution in [1.29, 1.82) is 0 Å². The molecule has 33 heavy (non-hydrogen) atoms. The van der Waals surface area contributed by atoms with Gasteiger partial charge in [0, 0.05) is 17.3 Å². The van der Waals surface area contributed by atoms with Crippen molar-refractivity contribution in [2.24, 2.45) is 0 Å². The molecule has 1 atom stereocenters. The van der Waals surface area contributed by atoms with Gasteiger partial charge in [-0.05, 0) is 36.1 Å². The number of para-hydroxylation sites is 1. The molecule has 1 fully saturated rings. The molecule has 6 rings (SSSR count). The number of nitrogens with zero attached hydrogens (tertiary/aromatic N) is 3. The van der Waals surface area contributed by atoms with Crippen LogP contribution >= 0.6 is 0 Å². The van der Waals surface area contributed by atoms with E-state index in [4.69, 9.17) is 5.10 Å². The molecule has 2 aliphatic rings. The highest BCUT2D eigenvalue weighted by Crippen LogP contribution is 2.42. The Morgan fingerprint density at radius 1 is 0.879 bits per heavy atom. The lowest BCUT2D eigenvalue weighted by Gasteiger charge is -2.22. The quantitative estimate of drug-likeness (QED) is 0.483. The number of imide groups is 1. The molecule has 0 saturated carbocycles. The molecular formula is C27H22N4O2. The van der Waals surface area contributed by atoms with Crippen LogP contribution in [0.25, 0.3) is 16.9 Å². The zero-order chi connectivity index (χ0) is 22.4. The van der Waals surface area contributed by atoms with Gasteiger partial charge >= 0.3 is 6.03 Å². The number of aromatic nitrogens is 2. The first-order chi connectivity index (χ1) is 16.2. The van der Waals surface area contributed by atoms with Gasteiger partial charge in [0.05, 0.1) is 17.9 Å².